The fraction of sp³-hybridized carbons (Fsp3) is 0.542. The van der Waals surface area contributed by atoms with E-state index in [2.05, 4.69) is 9.71 Å². The molecule has 2 N–H and O–H groups in total. The maximum Gasteiger partial charge on any atom is 0.341 e. The predicted octanol–water partition coefficient (Wildman–Crippen LogP) is 2.10. The van der Waals surface area contributed by atoms with Gasteiger partial charge in [0.05, 0.1) is 17.9 Å². The number of fused-ring (bicyclic) bond motifs is 1. The third kappa shape index (κ3) is 4.79. The summed E-state index contributed by atoms with van der Waals surface area (Å²) in [6, 6.07) is 1.78. The molecule has 0 saturated carbocycles. The first kappa shape index (κ1) is 26.0. The molecule has 2 aromatic rings. The average molecular weight is 517 g/mol. The second kappa shape index (κ2) is 10.5. The number of aromatic nitrogens is 2. The van der Waals surface area contributed by atoms with E-state index in [-0.39, 0.29) is 34.2 Å². The number of aryl methyl sites for hydroxylation is 1. The zero-order chi connectivity index (χ0) is 26.1. The van der Waals surface area contributed by atoms with Crippen molar-refractivity contribution >= 4 is 46.5 Å². The summed E-state index contributed by atoms with van der Waals surface area (Å²) >= 11 is 1.30. The molecule has 0 aliphatic carbocycles. The molecule has 1 fully saturated rings. The lowest BCUT2D eigenvalue weighted by molar-refractivity contribution is -0.125. The first-order chi connectivity index (χ1) is 17.1. The zero-order valence-electron chi connectivity index (χ0n) is 21.1. The third-order valence-corrected chi connectivity index (χ3v) is 7.44. The maximum atomic E-state index is 13.1. The highest BCUT2D eigenvalue weighted by molar-refractivity contribution is 7.98. The minimum atomic E-state index is -1.28. The largest absolute Gasteiger partial charge is 0.477 e. The van der Waals surface area contributed by atoms with Gasteiger partial charge < -0.3 is 25.0 Å². The summed E-state index contributed by atoms with van der Waals surface area (Å²) in [4.78, 5) is 46.2. The van der Waals surface area contributed by atoms with Gasteiger partial charge >= 0.3 is 5.97 Å². The van der Waals surface area contributed by atoms with Crippen molar-refractivity contribution in [3.63, 3.8) is 0 Å². The summed E-state index contributed by atoms with van der Waals surface area (Å²) < 4.78 is 11.6. The average Bonchev–Trinajstić information content (AvgIpc) is 3.17. The van der Waals surface area contributed by atoms with Crippen molar-refractivity contribution in [3.05, 3.63) is 33.6 Å². The standard InChI is InChI=1S/C24H32N6O5S/c1-6-35-8-7-25-22(32)15-10-29(11-15)17-9-14(4)18-19(31)16(23(33)34)12-30(21(18)26-17)24-28(5)20(13(2)3)27-36-24/h9,12-13,15,24H,6-8,10-11H2,1-5H3,(H,25,32)(H,33,34). The highest BCUT2D eigenvalue weighted by Gasteiger charge is 2.35. The van der Waals surface area contributed by atoms with E-state index >= 15 is 0 Å². The highest BCUT2D eigenvalue weighted by atomic mass is 32.2. The Morgan fingerprint density at radius 1 is 1.33 bits per heavy atom. The third-order valence-electron chi connectivity index (χ3n) is 6.41. The molecule has 1 saturated heterocycles. The molecule has 36 heavy (non-hydrogen) atoms. The van der Waals surface area contributed by atoms with E-state index < -0.39 is 11.4 Å². The molecule has 2 aromatic heterocycles. The number of carbonyl (C=O) groups excluding carboxylic acids is 1. The monoisotopic (exact) mass is 516 g/mol. The number of rotatable bonds is 9. The van der Waals surface area contributed by atoms with Crippen molar-refractivity contribution < 1.29 is 19.4 Å². The molecule has 194 valence electrons. The molecule has 4 heterocycles. The topological polar surface area (TPSA) is 129 Å². The number of aromatic carboxylic acids is 1. The summed E-state index contributed by atoms with van der Waals surface area (Å²) in [6.45, 7) is 10.4. The quantitative estimate of drug-likeness (QED) is 0.380. The lowest BCUT2D eigenvalue weighted by atomic mass is 9.98. The molecule has 0 radical (unpaired) electrons. The Balaban J connectivity index is 1.66. The van der Waals surface area contributed by atoms with Crippen molar-refractivity contribution in [1.29, 1.82) is 0 Å². The Kier molecular flexibility index (Phi) is 7.55. The summed E-state index contributed by atoms with van der Waals surface area (Å²) in [5, 5.41) is 12.9. The number of carbonyl (C=O) groups is 2. The van der Waals surface area contributed by atoms with Gasteiger partial charge in [0.1, 0.15) is 22.9 Å². The number of hydrogen-bond donors (Lipinski definition) is 2. The number of carboxylic acids is 1. The fourth-order valence-corrected chi connectivity index (χ4v) is 5.50. The Hall–Kier alpha value is -3.12. The number of hydrogen-bond acceptors (Lipinski definition) is 9. The molecule has 1 amide bonds. The van der Waals surface area contributed by atoms with Gasteiger partial charge in [0.25, 0.3) is 0 Å². The molecule has 0 spiro atoms. The molecule has 12 heteroatoms. The fourth-order valence-electron chi connectivity index (χ4n) is 4.45. The number of carboxylic acid groups (broad SMARTS) is 1. The van der Waals surface area contributed by atoms with E-state index in [1.54, 1.807) is 17.6 Å². The summed E-state index contributed by atoms with van der Waals surface area (Å²) in [7, 11) is 1.90. The Bertz CT molecular complexity index is 1270. The van der Waals surface area contributed by atoms with E-state index in [0.29, 0.717) is 49.9 Å². The van der Waals surface area contributed by atoms with Crippen LogP contribution in [0.4, 0.5) is 5.82 Å². The van der Waals surface area contributed by atoms with E-state index in [9.17, 15) is 19.5 Å². The number of nitrogens with zero attached hydrogens (tertiary/aromatic N) is 5. The lowest BCUT2D eigenvalue weighted by Gasteiger charge is -2.39. The van der Waals surface area contributed by atoms with Gasteiger partial charge in [-0.15, -0.1) is 0 Å². The van der Waals surface area contributed by atoms with Gasteiger partial charge in [-0.2, -0.15) is 4.40 Å². The SMILES string of the molecule is CCOCCNC(=O)C1CN(c2cc(C)c3c(=O)c(C(=O)O)cn(C4SN=C(C(C)C)N4C)c3n2)C1. The molecular formula is C24H32N6O5S. The Morgan fingerprint density at radius 3 is 2.67 bits per heavy atom. The van der Waals surface area contributed by atoms with Crippen LogP contribution in [0.1, 0.15) is 42.2 Å². The van der Waals surface area contributed by atoms with Crippen LogP contribution >= 0.6 is 11.9 Å². The van der Waals surface area contributed by atoms with Crippen molar-refractivity contribution in [3.8, 4) is 0 Å². The van der Waals surface area contributed by atoms with Crippen LogP contribution in [0, 0.1) is 18.8 Å². The van der Waals surface area contributed by atoms with Gasteiger partial charge in [-0.25, -0.2) is 9.78 Å². The maximum absolute atomic E-state index is 13.1. The summed E-state index contributed by atoms with van der Waals surface area (Å²) in [5.41, 5.74) is -0.215. The van der Waals surface area contributed by atoms with Gasteiger partial charge in [-0.3, -0.25) is 14.2 Å². The minimum Gasteiger partial charge on any atom is -0.477 e. The zero-order valence-corrected chi connectivity index (χ0v) is 22.0. The number of amides is 1. The van der Waals surface area contributed by atoms with E-state index in [0.717, 1.165) is 5.84 Å². The highest BCUT2D eigenvalue weighted by Crippen LogP contribution is 2.38. The van der Waals surface area contributed by atoms with Crippen LogP contribution in [0.15, 0.2) is 21.5 Å². The molecule has 4 rings (SSSR count). The number of anilines is 1. The first-order valence-electron chi connectivity index (χ1n) is 12.0. The van der Waals surface area contributed by atoms with Gasteiger partial charge in [0, 0.05) is 57.4 Å². The molecule has 1 atom stereocenters. The minimum absolute atomic E-state index is 0.0196. The van der Waals surface area contributed by atoms with Crippen LogP contribution in [0.3, 0.4) is 0 Å². The Morgan fingerprint density at radius 2 is 2.06 bits per heavy atom. The van der Waals surface area contributed by atoms with Crippen LogP contribution < -0.4 is 15.6 Å². The second-order valence-electron chi connectivity index (χ2n) is 9.32. The second-order valence-corrected chi connectivity index (χ2v) is 10.1. The van der Waals surface area contributed by atoms with Crippen LogP contribution in [0.2, 0.25) is 0 Å². The van der Waals surface area contributed by atoms with Crippen LogP contribution in [-0.4, -0.2) is 77.2 Å². The molecule has 0 aromatic carbocycles. The smallest absolute Gasteiger partial charge is 0.341 e. The lowest BCUT2D eigenvalue weighted by Crippen LogP contribution is -2.54. The van der Waals surface area contributed by atoms with E-state index in [1.807, 2.05) is 37.6 Å². The summed E-state index contributed by atoms with van der Waals surface area (Å²) in [6.07, 6.45) is 1.36. The first-order valence-corrected chi connectivity index (χ1v) is 12.8. The number of ether oxygens (including phenoxy) is 1. The predicted molar refractivity (Wildman–Crippen MR) is 140 cm³/mol. The van der Waals surface area contributed by atoms with E-state index in [4.69, 9.17) is 9.72 Å². The molecule has 2 aliphatic heterocycles. The van der Waals surface area contributed by atoms with Crippen molar-refractivity contribution in [2.24, 2.45) is 16.2 Å². The molecule has 11 nitrogen and oxygen atoms in total. The van der Waals surface area contributed by atoms with Gasteiger partial charge in [0.2, 0.25) is 11.3 Å². The van der Waals surface area contributed by atoms with Crippen molar-refractivity contribution in [2.45, 2.75) is 33.2 Å². The van der Waals surface area contributed by atoms with E-state index in [1.165, 1.54) is 18.1 Å². The molecule has 2 aliphatic rings. The van der Waals surface area contributed by atoms with Crippen LogP contribution in [0.5, 0.6) is 0 Å². The number of pyridine rings is 2. The summed E-state index contributed by atoms with van der Waals surface area (Å²) in [5.74, 6) is 0.247. The van der Waals surface area contributed by atoms with Crippen LogP contribution in [-0.2, 0) is 9.53 Å². The Labute approximate surface area is 213 Å². The number of amidine groups is 1. The normalized spacial score (nSPS) is 18.1. The van der Waals surface area contributed by atoms with Crippen molar-refractivity contribution in [2.75, 3.05) is 44.8 Å². The molecular weight excluding hydrogens is 484 g/mol. The van der Waals surface area contributed by atoms with Gasteiger partial charge in [-0.1, -0.05) is 13.8 Å². The van der Waals surface area contributed by atoms with Gasteiger partial charge in [0.15, 0.2) is 5.50 Å². The van der Waals surface area contributed by atoms with Gasteiger partial charge in [-0.05, 0) is 25.5 Å². The number of nitrogens with one attached hydrogen (secondary N) is 1. The molecule has 0 bridgehead atoms. The van der Waals surface area contributed by atoms with Crippen molar-refractivity contribution in [1.82, 2.24) is 19.8 Å². The molecule has 1 unspecified atom stereocenters. The van der Waals surface area contributed by atoms with Crippen LogP contribution in [0.25, 0.3) is 11.0 Å².